The van der Waals surface area contributed by atoms with Gasteiger partial charge in [-0.2, -0.15) is 0 Å². The van der Waals surface area contributed by atoms with Gasteiger partial charge in [-0.15, -0.1) is 0 Å². The van der Waals surface area contributed by atoms with Gasteiger partial charge in [0.15, 0.2) is 0 Å². The lowest BCUT2D eigenvalue weighted by Gasteiger charge is -2.13. The van der Waals surface area contributed by atoms with E-state index in [1.54, 1.807) is 30.2 Å². The van der Waals surface area contributed by atoms with Crippen molar-refractivity contribution < 1.29 is 9.53 Å². The van der Waals surface area contributed by atoms with Crippen LogP contribution in [0, 0.1) is 0 Å². The van der Waals surface area contributed by atoms with Crippen molar-refractivity contribution in [1.29, 1.82) is 0 Å². The fourth-order valence-electron chi connectivity index (χ4n) is 1.41. The van der Waals surface area contributed by atoms with E-state index in [4.69, 9.17) is 16.3 Å². The van der Waals surface area contributed by atoms with Crippen molar-refractivity contribution in [2.45, 2.75) is 6.92 Å². The van der Waals surface area contributed by atoms with Crippen molar-refractivity contribution in [3.8, 4) is 0 Å². The first kappa shape index (κ1) is 15.1. The molecule has 0 amide bonds. The number of halogens is 2. The second-order valence-corrected chi connectivity index (χ2v) is 5.17. The molecular weight excluding hydrogens is 318 g/mol. The largest absolute Gasteiger partial charge is 0.462 e. The highest BCUT2D eigenvalue weighted by Crippen LogP contribution is 2.28. The van der Waals surface area contributed by atoms with Crippen LogP contribution in [-0.4, -0.2) is 31.6 Å². The van der Waals surface area contributed by atoms with Crippen molar-refractivity contribution in [2.24, 2.45) is 0 Å². The summed E-state index contributed by atoms with van der Waals surface area (Å²) < 4.78 is 5.91. The molecule has 0 saturated heterocycles. The standard InChI is InChI=1S/C13H15BrClNO2/c1-4-18-13(17)11(8-16(2)3)10-6-5-9(14)7-12(10)15/h5-8H,4H2,1-3H3/b11-8-. The Labute approximate surface area is 121 Å². The summed E-state index contributed by atoms with van der Waals surface area (Å²) in [5, 5.41) is 0.505. The number of carbonyl (C=O) groups is 1. The van der Waals surface area contributed by atoms with Gasteiger partial charge in [-0.05, 0) is 19.1 Å². The highest BCUT2D eigenvalue weighted by molar-refractivity contribution is 9.10. The average Bonchev–Trinajstić information content (AvgIpc) is 2.26. The normalized spacial score (nSPS) is 11.3. The third-order valence-electron chi connectivity index (χ3n) is 2.10. The quantitative estimate of drug-likeness (QED) is 0.623. The van der Waals surface area contributed by atoms with Crippen LogP contribution in [0.4, 0.5) is 0 Å². The van der Waals surface area contributed by atoms with E-state index in [2.05, 4.69) is 15.9 Å². The van der Waals surface area contributed by atoms with Crippen molar-refractivity contribution >= 4 is 39.1 Å². The maximum absolute atomic E-state index is 11.9. The molecule has 0 aliphatic carbocycles. The van der Waals surface area contributed by atoms with Crippen LogP contribution in [-0.2, 0) is 9.53 Å². The fourth-order valence-corrected chi connectivity index (χ4v) is 2.18. The zero-order valence-corrected chi connectivity index (χ0v) is 12.9. The molecule has 0 unspecified atom stereocenters. The second kappa shape index (κ2) is 6.81. The molecule has 0 aliphatic heterocycles. The number of hydrogen-bond acceptors (Lipinski definition) is 3. The first-order valence-electron chi connectivity index (χ1n) is 5.46. The molecule has 1 aromatic rings. The maximum atomic E-state index is 11.9. The van der Waals surface area contributed by atoms with Crippen molar-refractivity contribution in [1.82, 2.24) is 4.90 Å². The van der Waals surface area contributed by atoms with Crippen LogP contribution >= 0.6 is 27.5 Å². The third kappa shape index (κ3) is 4.03. The van der Waals surface area contributed by atoms with E-state index in [0.29, 0.717) is 22.8 Å². The minimum absolute atomic E-state index is 0.331. The van der Waals surface area contributed by atoms with Crippen LogP contribution in [0.25, 0.3) is 5.57 Å². The van der Waals surface area contributed by atoms with Gasteiger partial charge in [-0.1, -0.05) is 33.6 Å². The first-order chi connectivity index (χ1) is 8.45. The summed E-state index contributed by atoms with van der Waals surface area (Å²) in [6.45, 7) is 2.10. The number of hydrogen-bond donors (Lipinski definition) is 0. The van der Waals surface area contributed by atoms with Crippen molar-refractivity contribution in [3.05, 3.63) is 39.5 Å². The van der Waals surface area contributed by atoms with Crippen LogP contribution in [0.2, 0.25) is 5.02 Å². The van der Waals surface area contributed by atoms with Crippen LogP contribution in [0.3, 0.4) is 0 Å². The maximum Gasteiger partial charge on any atom is 0.340 e. The van der Waals surface area contributed by atoms with Gasteiger partial charge in [-0.3, -0.25) is 0 Å². The van der Waals surface area contributed by atoms with E-state index in [1.165, 1.54) is 0 Å². The molecule has 1 aromatic carbocycles. The number of rotatable bonds is 4. The molecule has 0 saturated carbocycles. The molecule has 98 valence electrons. The van der Waals surface area contributed by atoms with Gasteiger partial charge in [0.25, 0.3) is 0 Å². The minimum Gasteiger partial charge on any atom is -0.462 e. The Morgan fingerprint density at radius 3 is 2.67 bits per heavy atom. The monoisotopic (exact) mass is 331 g/mol. The SMILES string of the molecule is CCOC(=O)/C(=C\N(C)C)c1ccc(Br)cc1Cl. The van der Waals surface area contributed by atoms with Crippen LogP contribution in [0.15, 0.2) is 28.9 Å². The smallest absolute Gasteiger partial charge is 0.340 e. The summed E-state index contributed by atoms with van der Waals surface area (Å²) in [4.78, 5) is 13.7. The number of benzene rings is 1. The topological polar surface area (TPSA) is 29.5 Å². The predicted octanol–water partition coefficient (Wildman–Crippen LogP) is 3.57. The van der Waals surface area contributed by atoms with Gasteiger partial charge in [0.1, 0.15) is 0 Å². The summed E-state index contributed by atoms with van der Waals surface area (Å²) in [6.07, 6.45) is 1.70. The minimum atomic E-state index is -0.379. The average molecular weight is 333 g/mol. The Morgan fingerprint density at radius 1 is 1.50 bits per heavy atom. The number of carbonyl (C=O) groups excluding carboxylic acids is 1. The van der Waals surface area contributed by atoms with E-state index in [0.717, 1.165) is 4.47 Å². The van der Waals surface area contributed by atoms with Gasteiger partial charge < -0.3 is 9.64 Å². The number of nitrogens with zero attached hydrogens (tertiary/aromatic N) is 1. The lowest BCUT2D eigenvalue weighted by Crippen LogP contribution is -2.12. The summed E-state index contributed by atoms with van der Waals surface area (Å²) in [7, 11) is 3.68. The molecule has 0 bridgehead atoms. The van der Waals surface area contributed by atoms with Gasteiger partial charge in [0.2, 0.25) is 0 Å². The van der Waals surface area contributed by atoms with Gasteiger partial charge in [0, 0.05) is 35.4 Å². The number of ether oxygens (including phenoxy) is 1. The molecular formula is C13H15BrClNO2. The lowest BCUT2D eigenvalue weighted by atomic mass is 10.1. The third-order valence-corrected chi connectivity index (χ3v) is 2.91. The van der Waals surface area contributed by atoms with E-state index in [9.17, 15) is 4.79 Å². The summed E-state index contributed by atoms with van der Waals surface area (Å²) in [6, 6.07) is 5.38. The molecule has 0 heterocycles. The molecule has 0 fully saturated rings. The Kier molecular flexibility index (Phi) is 5.69. The zero-order valence-electron chi connectivity index (χ0n) is 10.5. The highest BCUT2D eigenvalue weighted by Gasteiger charge is 2.16. The summed E-state index contributed by atoms with van der Waals surface area (Å²) in [5.41, 5.74) is 1.10. The van der Waals surface area contributed by atoms with Crippen molar-refractivity contribution in [3.63, 3.8) is 0 Å². The molecule has 0 spiro atoms. The molecule has 1 rings (SSSR count). The molecule has 18 heavy (non-hydrogen) atoms. The number of esters is 1. The van der Waals surface area contributed by atoms with Crippen LogP contribution in [0.5, 0.6) is 0 Å². The Morgan fingerprint density at radius 2 is 2.17 bits per heavy atom. The van der Waals surface area contributed by atoms with Gasteiger partial charge >= 0.3 is 5.97 Å². The van der Waals surface area contributed by atoms with Gasteiger partial charge in [-0.25, -0.2) is 4.79 Å². The molecule has 5 heteroatoms. The Bertz CT molecular complexity index is 472. The van der Waals surface area contributed by atoms with Crippen LogP contribution in [0.1, 0.15) is 12.5 Å². The van der Waals surface area contributed by atoms with Gasteiger partial charge in [0.05, 0.1) is 12.2 Å². The van der Waals surface area contributed by atoms with E-state index >= 15 is 0 Å². The molecule has 0 aromatic heterocycles. The molecule has 0 radical (unpaired) electrons. The highest BCUT2D eigenvalue weighted by atomic mass is 79.9. The predicted molar refractivity (Wildman–Crippen MR) is 77.4 cm³/mol. The molecule has 0 aliphatic rings. The van der Waals surface area contributed by atoms with E-state index in [1.807, 2.05) is 20.2 Å². The van der Waals surface area contributed by atoms with E-state index < -0.39 is 0 Å². The first-order valence-corrected chi connectivity index (χ1v) is 6.63. The zero-order chi connectivity index (χ0) is 13.7. The van der Waals surface area contributed by atoms with E-state index in [-0.39, 0.29) is 5.97 Å². The van der Waals surface area contributed by atoms with Crippen LogP contribution < -0.4 is 0 Å². The summed E-state index contributed by atoms with van der Waals surface area (Å²) in [5.74, 6) is -0.379. The fraction of sp³-hybridized carbons (Fsp3) is 0.308. The second-order valence-electron chi connectivity index (χ2n) is 3.85. The Hall–Kier alpha value is -1.000. The summed E-state index contributed by atoms with van der Waals surface area (Å²) >= 11 is 9.49. The molecule has 3 nitrogen and oxygen atoms in total. The molecule has 0 atom stereocenters. The lowest BCUT2D eigenvalue weighted by molar-refractivity contribution is -0.136. The Balaban J connectivity index is 3.22. The van der Waals surface area contributed by atoms with Crippen molar-refractivity contribution in [2.75, 3.05) is 20.7 Å². The molecule has 0 N–H and O–H groups in total.